The van der Waals surface area contributed by atoms with Gasteiger partial charge in [-0.05, 0) is 105 Å². The number of benzene rings is 2. The van der Waals surface area contributed by atoms with Crippen molar-refractivity contribution in [2.24, 2.45) is 5.92 Å². The van der Waals surface area contributed by atoms with E-state index in [0.717, 1.165) is 114 Å². The standard InChI is InChI=1S/C51H67N13O4/c1-5-22-55-49(67)42-31-56-50(60-48(42)59-44-16-9-37-8-7-36(6-2)46(37)58-44)57-38-10-12-39(13-11-38)62-23-17-35(18-24-62)32-61-26-20-51(21-27-61)33-63(28-29-68-51)40-14-15-41(43(30-40)53-3)47(52)64(34-65)25-19-45(66)54-4/h5,9-16,30-31,34-36,52-53H,1,6-8,17-29,32-33H2,2-4H3,(H,54,66)(H,55,67)(H2,56,57,58,59,60). The van der Waals surface area contributed by atoms with Crippen molar-refractivity contribution >= 4 is 64.4 Å². The Kier molecular flexibility index (Phi) is 15.5. The molecule has 0 saturated carbocycles. The monoisotopic (exact) mass is 926 g/mol. The van der Waals surface area contributed by atoms with Crippen molar-refractivity contribution in [3.05, 3.63) is 95.8 Å². The van der Waals surface area contributed by atoms with Crippen molar-refractivity contribution in [3.63, 3.8) is 0 Å². The number of anilines is 7. The first-order chi connectivity index (χ1) is 33.1. The molecule has 17 nitrogen and oxygen atoms in total. The van der Waals surface area contributed by atoms with Crippen LogP contribution in [0.5, 0.6) is 0 Å². The lowest BCUT2D eigenvalue weighted by molar-refractivity contribution is -0.121. The average Bonchev–Trinajstić information content (AvgIpc) is 3.79. The van der Waals surface area contributed by atoms with Gasteiger partial charge in [0, 0.05) is 126 Å². The van der Waals surface area contributed by atoms with Crippen LogP contribution in [0.25, 0.3) is 0 Å². The second-order valence-corrected chi connectivity index (χ2v) is 18.4. The van der Waals surface area contributed by atoms with Gasteiger partial charge in [0.1, 0.15) is 23.0 Å². The molecule has 3 amide bonds. The van der Waals surface area contributed by atoms with Crippen LogP contribution >= 0.6 is 0 Å². The molecule has 17 heteroatoms. The van der Waals surface area contributed by atoms with Crippen molar-refractivity contribution in [2.45, 2.75) is 69.8 Å². The first kappa shape index (κ1) is 47.9. The molecule has 1 atom stereocenters. The zero-order chi connectivity index (χ0) is 47.6. The maximum absolute atomic E-state index is 13.1. The number of likely N-dealkylation sites (tertiary alicyclic amines) is 1. The van der Waals surface area contributed by atoms with E-state index in [1.807, 2.05) is 31.3 Å². The molecule has 1 aliphatic carbocycles. The Balaban J connectivity index is 0.815. The number of pyridine rings is 1. The van der Waals surface area contributed by atoms with Gasteiger partial charge in [-0.1, -0.05) is 19.1 Å². The van der Waals surface area contributed by atoms with E-state index in [2.05, 4.69) is 90.1 Å². The number of rotatable bonds is 18. The van der Waals surface area contributed by atoms with Crippen molar-refractivity contribution < 1.29 is 19.1 Å². The summed E-state index contributed by atoms with van der Waals surface area (Å²) >= 11 is 0. The van der Waals surface area contributed by atoms with Crippen LogP contribution in [-0.4, -0.2) is 134 Å². The van der Waals surface area contributed by atoms with Crippen LogP contribution in [0, 0.1) is 11.3 Å². The normalized spacial score (nSPS) is 18.1. The lowest BCUT2D eigenvalue weighted by Crippen LogP contribution is -2.57. The number of amides is 3. The van der Waals surface area contributed by atoms with Crippen molar-refractivity contribution in [2.75, 3.05) is 105 Å². The number of carbonyl (C=O) groups is 3. The van der Waals surface area contributed by atoms with Gasteiger partial charge in [0.15, 0.2) is 0 Å². The molecule has 3 aliphatic heterocycles. The van der Waals surface area contributed by atoms with Crippen LogP contribution in [0.15, 0.2) is 73.4 Å². The van der Waals surface area contributed by atoms with Gasteiger partial charge in [-0.15, -0.1) is 6.58 Å². The molecule has 2 aromatic heterocycles. The van der Waals surface area contributed by atoms with E-state index in [1.54, 1.807) is 19.3 Å². The highest BCUT2D eigenvalue weighted by atomic mass is 16.5. The molecule has 4 aliphatic rings. The van der Waals surface area contributed by atoms with Crippen molar-refractivity contribution in [3.8, 4) is 0 Å². The zero-order valence-electron chi connectivity index (χ0n) is 39.8. The molecule has 0 radical (unpaired) electrons. The molecule has 5 heterocycles. The predicted octanol–water partition coefficient (Wildman–Crippen LogP) is 6.26. The van der Waals surface area contributed by atoms with Gasteiger partial charge in [-0.3, -0.25) is 24.7 Å². The number of aryl methyl sites for hydroxylation is 1. The summed E-state index contributed by atoms with van der Waals surface area (Å²) in [6.07, 6.45) is 11.3. The van der Waals surface area contributed by atoms with Gasteiger partial charge in [-0.25, -0.2) is 9.97 Å². The molecule has 2 aromatic carbocycles. The first-order valence-corrected chi connectivity index (χ1v) is 24.2. The topological polar surface area (TPSA) is 196 Å². The molecule has 0 bridgehead atoms. The Morgan fingerprint density at radius 1 is 0.941 bits per heavy atom. The Bertz CT molecular complexity index is 2430. The van der Waals surface area contributed by atoms with Gasteiger partial charge in [0.2, 0.25) is 18.3 Å². The summed E-state index contributed by atoms with van der Waals surface area (Å²) in [5.41, 5.74) is 6.99. The first-order valence-electron chi connectivity index (χ1n) is 24.2. The van der Waals surface area contributed by atoms with E-state index < -0.39 is 0 Å². The van der Waals surface area contributed by atoms with Crippen LogP contribution < -0.4 is 36.4 Å². The quantitative estimate of drug-likeness (QED) is 0.0284. The number of morpholine rings is 1. The highest BCUT2D eigenvalue weighted by molar-refractivity contribution is 6.06. The minimum absolute atomic E-state index is 0.0551. The molecule has 68 heavy (non-hydrogen) atoms. The molecule has 3 fully saturated rings. The number of nitrogens with zero attached hydrogens (tertiary/aromatic N) is 7. The molecule has 360 valence electrons. The van der Waals surface area contributed by atoms with Crippen LogP contribution in [0.2, 0.25) is 0 Å². The fourth-order valence-corrected chi connectivity index (χ4v) is 10.1. The van der Waals surface area contributed by atoms with E-state index in [1.165, 1.54) is 16.2 Å². The van der Waals surface area contributed by atoms with Crippen LogP contribution in [0.3, 0.4) is 0 Å². The molecule has 1 spiro atoms. The van der Waals surface area contributed by atoms with Crippen molar-refractivity contribution in [1.82, 2.24) is 35.4 Å². The summed E-state index contributed by atoms with van der Waals surface area (Å²) in [5, 5.41) is 24.0. The third kappa shape index (κ3) is 11.2. The Morgan fingerprint density at radius 2 is 1.72 bits per heavy atom. The van der Waals surface area contributed by atoms with E-state index in [9.17, 15) is 14.4 Å². The van der Waals surface area contributed by atoms with E-state index in [4.69, 9.17) is 20.1 Å². The van der Waals surface area contributed by atoms with Crippen LogP contribution in [0.4, 0.5) is 40.3 Å². The van der Waals surface area contributed by atoms with E-state index in [-0.39, 0.29) is 36.2 Å². The maximum Gasteiger partial charge on any atom is 0.256 e. The number of ether oxygens (including phenoxy) is 1. The fraction of sp³-hybridized carbons (Fsp3) is 0.471. The third-order valence-corrected chi connectivity index (χ3v) is 14.1. The average molecular weight is 926 g/mol. The van der Waals surface area contributed by atoms with Gasteiger partial charge in [0.25, 0.3) is 5.91 Å². The minimum Gasteiger partial charge on any atom is -0.387 e. The number of hydrogen-bond donors (Lipinski definition) is 6. The van der Waals surface area contributed by atoms with Gasteiger partial charge in [0.05, 0.1) is 12.2 Å². The molecular formula is C51H67N13O4. The molecule has 6 N–H and O–H groups in total. The predicted molar refractivity (Wildman–Crippen MR) is 269 cm³/mol. The van der Waals surface area contributed by atoms with E-state index >= 15 is 0 Å². The SMILES string of the molecule is C=CCNC(=O)c1cnc(Nc2ccc(N3CCC(CN4CCC5(CC4)CN(c4ccc(C(=N)N(C=O)CCC(=O)NC)c(NC)c4)CCO5)CC3)cc2)nc1Nc1ccc2c(n1)C(CC)CC2. The molecular weight excluding hydrogens is 859 g/mol. The Morgan fingerprint density at radius 3 is 2.44 bits per heavy atom. The number of piperidine rings is 2. The smallest absolute Gasteiger partial charge is 0.256 e. The molecule has 1 unspecified atom stereocenters. The van der Waals surface area contributed by atoms with Gasteiger partial charge < -0.3 is 46.0 Å². The largest absolute Gasteiger partial charge is 0.387 e. The van der Waals surface area contributed by atoms with Crippen molar-refractivity contribution in [1.29, 1.82) is 5.41 Å². The van der Waals surface area contributed by atoms with Gasteiger partial charge in [-0.2, -0.15) is 4.98 Å². The number of fused-ring (bicyclic) bond motifs is 1. The van der Waals surface area contributed by atoms with Crippen LogP contribution in [0.1, 0.15) is 85.0 Å². The van der Waals surface area contributed by atoms with Crippen LogP contribution in [-0.2, 0) is 20.7 Å². The number of aromatic nitrogens is 3. The number of nitrogens with one attached hydrogen (secondary N) is 6. The minimum atomic E-state index is -0.293. The highest BCUT2D eigenvalue weighted by Crippen LogP contribution is 2.37. The fourth-order valence-electron chi connectivity index (χ4n) is 10.1. The summed E-state index contributed by atoms with van der Waals surface area (Å²) < 4.78 is 6.55. The lowest BCUT2D eigenvalue weighted by Gasteiger charge is -2.48. The Hall–Kier alpha value is -6.59. The highest BCUT2D eigenvalue weighted by Gasteiger charge is 2.40. The number of carbonyl (C=O) groups excluding carboxylic acids is 3. The molecule has 4 aromatic rings. The maximum atomic E-state index is 13.1. The summed E-state index contributed by atoms with van der Waals surface area (Å²) in [4.78, 5) is 59.7. The zero-order valence-corrected chi connectivity index (χ0v) is 39.8. The number of amidine groups is 1. The molecule has 8 rings (SSSR count). The summed E-state index contributed by atoms with van der Waals surface area (Å²) in [7, 11) is 3.38. The molecule has 3 saturated heterocycles. The second-order valence-electron chi connectivity index (χ2n) is 18.4. The van der Waals surface area contributed by atoms with Gasteiger partial charge >= 0.3 is 0 Å². The van der Waals surface area contributed by atoms with E-state index in [0.29, 0.717) is 60.1 Å². The summed E-state index contributed by atoms with van der Waals surface area (Å²) in [6.45, 7) is 13.8. The number of hydrogen-bond acceptors (Lipinski definition) is 14. The lowest BCUT2D eigenvalue weighted by atomic mass is 9.87. The third-order valence-electron chi connectivity index (χ3n) is 14.1. The Labute approximate surface area is 400 Å². The second kappa shape index (κ2) is 22.0. The summed E-state index contributed by atoms with van der Waals surface area (Å²) in [5.74, 6) is 2.07. The summed E-state index contributed by atoms with van der Waals surface area (Å²) in [6, 6.07) is 18.4.